The van der Waals surface area contributed by atoms with E-state index in [2.05, 4.69) is 10.2 Å². The van der Waals surface area contributed by atoms with Gasteiger partial charge in [0.2, 0.25) is 11.8 Å². The van der Waals surface area contributed by atoms with Crippen LogP contribution in [0.25, 0.3) is 10.8 Å². The molecule has 4 rings (SSSR count). The van der Waals surface area contributed by atoms with E-state index in [1.54, 1.807) is 12.1 Å². The Balaban J connectivity index is 1.49. The van der Waals surface area contributed by atoms with Crippen LogP contribution in [0.5, 0.6) is 5.75 Å². The molecule has 1 fully saturated rings. The van der Waals surface area contributed by atoms with Crippen LogP contribution in [0.2, 0.25) is 0 Å². The van der Waals surface area contributed by atoms with Crippen molar-refractivity contribution >= 4 is 57.1 Å². The van der Waals surface area contributed by atoms with E-state index in [1.807, 2.05) is 24.3 Å². The van der Waals surface area contributed by atoms with Crippen molar-refractivity contribution < 1.29 is 19.6 Å². The number of aromatic hydroxyl groups is 1. The monoisotopic (exact) mass is 463 g/mol. The van der Waals surface area contributed by atoms with Gasteiger partial charge in [-0.3, -0.25) is 19.7 Å². The summed E-state index contributed by atoms with van der Waals surface area (Å²) in [5.41, 5.74) is 6.26. The SMILES string of the molecule is NC(=N/N=C/c1c(O)ccc2ccccc12)SC1CC(=O)N(c2cccc([N+](=O)[O-])c2)C1=O. The highest BCUT2D eigenvalue weighted by Crippen LogP contribution is 2.31. The van der Waals surface area contributed by atoms with Gasteiger partial charge >= 0.3 is 0 Å². The number of thioether (sulfide) groups is 1. The summed E-state index contributed by atoms with van der Waals surface area (Å²) in [5.74, 6) is -1.00. The number of imide groups is 1. The summed E-state index contributed by atoms with van der Waals surface area (Å²) in [6.45, 7) is 0. The summed E-state index contributed by atoms with van der Waals surface area (Å²) in [5, 5.41) is 29.8. The molecule has 0 radical (unpaired) electrons. The highest BCUT2D eigenvalue weighted by Gasteiger charge is 2.41. The van der Waals surface area contributed by atoms with Crippen molar-refractivity contribution in [1.82, 2.24) is 0 Å². The quantitative estimate of drug-likeness (QED) is 0.194. The summed E-state index contributed by atoms with van der Waals surface area (Å²) in [6, 6.07) is 16.1. The van der Waals surface area contributed by atoms with Crippen molar-refractivity contribution in [2.75, 3.05) is 4.90 Å². The van der Waals surface area contributed by atoms with E-state index < -0.39 is 22.0 Å². The number of phenols is 1. The Kier molecular flexibility index (Phi) is 6.05. The molecule has 1 aliphatic rings. The summed E-state index contributed by atoms with van der Waals surface area (Å²) in [7, 11) is 0. The van der Waals surface area contributed by atoms with E-state index >= 15 is 0 Å². The van der Waals surface area contributed by atoms with E-state index in [1.165, 1.54) is 30.5 Å². The van der Waals surface area contributed by atoms with E-state index in [9.17, 15) is 24.8 Å². The van der Waals surface area contributed by atoms with Crippen molar-refractivity contribution in [3.05, 3.63) is 76.3 Å². The molecule has 0 spiro atoms. The Morgan fingerprint density at radius 1 is 1.18 bits per heavy atom. The molecule has 1 heterocycles. The summed E-state index contributed by atoms with van der Waals surface area (Å²) < 4.78 is 0. The number of anilines is 1. The number of hydrogen-bond donors (Lipinski definition) is 2. The molecule has 3 aromatic carbocycles. The third-order valence-electron chi connectivity index (χ3n) is 4.96. The third-order valence-corrected chi connectivity index (χ3v) is 5.93. The largest absolute Gasteiger partial charge is 0.507 e. The molecule has 1 saturated heterocycles. The number of amidine groups is 1. The number of carbonyl (C=O) groups is 2. The zero-order valence-electron chi connectivity index (χ0n) is 17.0. The molecule has 3 aromatic rings. The lowest BCUT2D eigenvalue weighted by Gasteiger charge is -2.14. The lowest BCUT2D eigenvalue weighted by molar-refractivity contribution is -0.384. The van der Waals surface area contributed by atoms with Gasteiger partial charge in [0.25, 0.3) is 5.69 Å². The van der Waals surface area contributed by atoms with Crippen LogP contribution in [-0.4, -0.2) is 38.5 Å². The molecule has 2 amide bonds. The third kappa shape index (κ3) is 4.53. The predicted octanol–water partition coefficient (Wildman–Crippen LogP) is 3.17. The first-order valence-corrected chi connectivity index (χ1v) is 10.6. The Bertz CT molecular complexity index is 1340. The van der Waals surface area contributed by atoms with Gasteiger partial charge in [-0.2, -0.15) is 5.10 Å². The zero-order chi connectivity index (χ0) is 23.5. The van der Waals surface area contributed by atoms with Gasteiger partial charge in [0.15, 0.2) is 5.17 Å². The van der Waals surface area contributed by atoms with Crippen molar-refractivity contribution in [2.24, 2.45) is 15.9 Å². The standard InChI is InChI=1S/C22H17N5O5S/c23-22(25-24-12-17-16-7-2-1-4-13(16)8-9-18(17)28)33-19-11-20(29)26(21(19)30)14-5-3-6-15(10-14)27(31)32/h1-10,12,19,28H,11H2,(H2,23,25)/b24-12+. The van der Waals surface area contributed by atoms with Gasteiger partial charge < -0.3 is 10.8 Å². The highest BCUT2D eigenvalue weighted by atomic mass is 32.2. The summed E-state index contributed by atoms with van der Waals surface area (Å²) >= 11 is 0.877. The second-order valence-corrected chi connectivity index (χ2v) is 8.28. The van der Waals surface area contributed by atoms with E-state index in [0.717, 1.165) is 27.4 Å². The average molecular weight is 463 g/mol. The second-order valence-electron chi connectivity index (χ2n) is 7.06. The number of phenolic OH excluding ortho intramolecular Hbond substituents is 1. The number of carbonyl (C=O) groups excluding carboxylic acids is 2. The van der Waals surface area contributed by atoms with Crippen LogP contribution in [-0.2, 0) is 9.59 Å². The number of hydrogen-bond acceptors (Lipinski definition) is 8. The Labute approximate surface area is 191 Å². The topological polar surface area (TPSA) is 151 Å². The van der Waals surface area contributed by atoms with E-state index in [-0.39, 0.29) is 28.7 Å². The maximum absolute atomic E-state index is 12.8. The van der Waals surface area contributed by atoms with Crippen LogP contribution >= 0.6 is 11.8 Å². The number of rotatable bonds is 5. The molecule has 166 valence electrons. The fourth-order valence-electron chi connectivity index (χ4n) is 3.45. The van der Waals surface area contributed by atoms with Crippen molar-refractivity contribution in [3.63, 3.8) is 0 Å². The fourth-order valence-corrected chi connectivity index (χ4v) is 4.26. The normalized spacial score (nSPS) is 16.8. The Morgan fingerprint density at radius 2 is 1.97 bits per heavy atom. The number of non-ortho nitro benzene ring substituents is 1. The molecule has 1 aliphatic heterocycles. The second kappa shape index (κ2) is 9.09. The lowest BCUT2D eigenvalue weighted by Crippen LogP contribution is -2.31. The lowest BCUT2D eigenvalue weighted by atomic mass is 10.0. The molecule has 0 aliphatic carbocycles. The first-order valence-electron chi connectivity index (χ1n) is 9.70. The van der Waals surface area contributed by atoms with Gasteiger partial charge in [0.05, 0.1) is 16.8 Å². The minimum absolute atomic E-state index is 0.0306. The van der Waals surface area contributed by atoms with Gasteiger partial charge in [-0.05, 0) is 22.9 Å². The molecule has 1 unspecified atom stereocenters. The first-order chi connectivity index (χ1) is 15.8. The molecule has 0 saturated carbocycles. The fraction of sp³-hybridized carbons (Fsp3) is 0.0909. The molecular formula is C22H17N5O5S. The van der Waals surface area contributed by atoms with Crippen LogP contribution in [0.3, 0.4) is 0 Å². The van der Waals surface area contributed by atoms with Crippen molar-refractivity contribution in [1.29, 1.82) is 0 Å². The van der Waals surface area contributed by atoms with Gasteiger partial charge in [-0.15, -0.1) is 5.10 Å². The number of amides is 2. The van der Waals surface area contributed by atoms with Crippen LogP contribution < -0.4 is 10.6 Å². The van der Waals surface area contributed by atoms with Crippen LogP contribution in [0.4, 0.5) is 11.4 Å². The van der Waals surface area contributed by atoms with Gasteiger partial charge in [0.1, 0.15) is 11.0 Å². The van der Waals surface area contributed by atoms with Gasteiger partial charge in [-0.1, -0.05) is 48.2 Å². The van der Waals surface area contributed by atoms with Crippen LogP contribution in [0.15, 0.2) is 70.9 Å². The number of nitro benzene ring substituents is 1. The molecular weight excluding hydrogens is 446 g/mol. The number of nitrogens with two attached hydrogens (primary N) is 1. The van der Waals surface area contributed by atoms with Crippen molar-refractivity contribution in [2.45, 2.75) is 11.7 Å². The van der Waals surface area contributed by atoms with E-state index in [4.69, 9.17) is 5.73 Å². The number of fused-ring (bicyclic) bond motifs is 1. The predicted molar refractivity (Wildman–Crippen MR) is 126 cm³/mol. The number of nitro groups is 1. The molecule has 10 nitrogen and oxygen atoms in total. The number of benzene rings is 3. The molecule has 1 atom stereocenters. The molecule has 11 heteroatoms. The average Bonchev–Trinajstić information content (AvgIpc) is 3.07. The maximum Gasteiger partial charge on any atom is 0.271 e. The molecule has 33 heavy (non-hydrogen) atoms. The molecule has 0 bridgehead atoms. The Hall–Kier alpha value is -4.25. The first kappa shape index (κ1) is 22.0. The van der Waals surface area contributed by atoms with Crippen LogP contribution in [0.1, 0.15) is 12.0 Å². The minimum Gasteiger partial charge on any atom is -0.507 e. The van der Waals surface area contributed by atoms with Crippen LogP contribution in [0, 0.1) is 10.1 Å². The van der Waals surface area contributed by atoms with Crippen molar-refractivity contribution in [3.8, 4) is 5.75 Å². The maximum atomic E-state index is 12.8. The number of nitrogens with zero attached hydrogens (tertiary/aromatic N) is 4. The summed E-state index contributed by atoms with van der Waals surface area (Å²) in [6.07, 6.45) is 1.23. The minimum atomic E-state index is -0.832. The smallest absolute Gasteiger partial charge is 0.271 e. The van der Waals surface area contributed by atoms with E-state index in [0.29, 0.717) is 5.56 Å². The van der Waals surface area contributed by atoms with Gasteiger partial charge in [0, 0.05) is 24.1 Å². The molecule has 0 aromatic heterocycles. The zero-order valence-corrected chi connectivity index (χ0v) is 17.8. The molecule has 3 N–H and O–H groups in total. The Morgan fingerprint density at radius 3 is 2.76 bits per heavy atom. The van der Waals surface area contributed by atoms with Gasteiger partial charge in [-0.25, -0.2) is 4.90 Å². The summed E-state index contributed by atoms with van der Waals surface area (Å²) in [4.78, 5) is 36.5. The highest BCUT2D eigenvalue weighted by molar-refractivity contribution is 8.14.